The minimum absolute atomic E-state index is 0.698. The van der Waals surface area contributed by atoms with Crippen LogP contribution < -0.4 is 0 Å². The van der Waals surface area contributed by atoms with Gasteiger partial charge < -0.3 is 0 Å². The molecule has 0 nitrogen and oxygen atoms in total. The molecule has 60 valence electrons. The molecule has 0 amide bonds. The lowest BCUT2D eigenvalue weighted by Crippen LogP contribution is -1.62. The minimum atomic E-state index is 0.698. The first kappa shape index (κ1) is 10.3. The quantitative estimate of drug-likeness (QED) is 0.435. The monoisotopic (exact) mass is 168 g/mol. The van der Waals surface area contributed by atoms with Crippen molar-refractivity contribution in [1.82, 2.24) is 0 Å². The molecule has 0 saturated carbocycles. The van der Waals surface area contributed by atoms with Gasteiger partial charge in [-0.3, -0.25) is 0 Å². The predicted molar refractivity (Wildman–Crippen MR) is 51.7 cm³/mol. The fourth-order valence-electron chi connectivity index (χ4n) is 0.457. The summed E-state index contributed by atoms with van der Waals surface area (Å²) < 4.78 is 0. The maximum Gasteiger partial charge on any atom is 0.0482 e. The van der Waals surface area contributed by atoms with Crippen LogP contribution in [-0.4, -0.2) is 0 Å². The third-order valence-corrected chi connectivity index (χ3v) is 1.20. The van der Waals surface area contributed by atoms with Gasteiger partial charge in [0.15, 0.2) is 0 Å². The van der Waals surface area contributed by atoms with Gasteiger partial charge in [0.1, 0.15) is 0 Å². The molecule has 0 aliphatic heterocycles. The van der Waals surface area contributed by atoms with Crippen molar-refractivity contribution >= 4 is 11.6 Å². The summed E-state index contributed by atoms with van der Waals surface area (Å²) in [5, 5.41) is 0.698. The Bertz CT molecular complexity index is 221. The van der Waals surface area contributed by atoms with E-state index in [1.807, 2.05) is 39.0 Å². The van der Waals surface area contributed by atoms with Crippen LogP contribution in [0.5, 0.6) is 0 Å². The molecule has 0 aromatic rings. The maximum atomic E-state index is 5.78. The highest BCUT2D eigenvalue weighted by atomic mass is 35.5. The van der Waals surface area contributed by atoms with Gasteiger partial charge in [0.25, 0.3) is 0 Å². The summed E-state index contributed by atoms with van der Waals surface area (Å²) in [6.45, 7) is 5.96. The molecular formula is C10H13Cl. The molecule has 0 aliphatic carbocycles. The van der Waals surface area contributed by atoms with Crippen molar-refractivity contribution in [2.24, 2.45) is 0 Å². The number of hydrogen-bond donors (Lipinski definition) is 0. The first-order chi connectivity index (χ1) is 5.16. The molecule has 0 aromatic heterocycles. The molecule has 0 atom stereocenters. The highest BCUT2D eigenvalue weighted by Gasteiger charge is 1.79. The highest BCUT2D eigenvalue weighted by molar-refractivity contribution is 6.31. The molecule has 0 aromatic carbocycles. The van der Waals surface area contributed by atoms with Gasteiger partial charge in [0.05, 0.1) is 0 Å². The summed E-state index contributed by atoms with van der Waals surface area (Å²) in [6.07, 6.45) is 7.38. The van der Waals surface area contributed by atoms with Crippen molar-refractivity contribution in [3.8, 4) is 0 Å². The topological polar surface area (TPSA) is 0 Å². The van der Waals surface area contributed by atoms with Crippen LogP contribution in [-0.2, 0) is 0 Å². The van der Waals surface area contributed by atoms with E-state index >= 15 is 0 Å². The van der Waals surface area contributed by atoms with Crippen molar-refractivity contribution in [2.75, 3.05) is 0 Å². The summed E-state index contributed by atoms with van der Waals surface area (Å²) in [6, 6.07) is 0. The first-order valence-corrected chi connectivity index (χ1v) is 3.92. The Balaban J connectivity index is 4.24. The van der Waals surface area contributed by atoms with Crippen LogP contribution in [0.25, 0.3) is 0 Å². The molecule has 0 bridgehead atoms. The van der Waals surface area contributed by atoms with Crippen molar-refractivity contribution < 1.29 is 0 Å². The molecule has 0 rings (SSSR count). The van der Waals surface area contributed by atoms with Crippen LogP contribution in [0.2, 0.25) is 0 Å². The van der Waals surface area contributed by atoms with Gasteiger partial charge in [-0.05, 0) is 39.0 Å². The average molecular weight is 169 g/mol. The summed E-state index contributed by atoms with van der Waals surface area (Å²) in [5.74, 6) is 0. The Morgan fingerprint density at radius 2 is 1.91 bits per heavy atom. The summed E-state index contributed by atoms with van der Waals surface area (Å²) in [5.41, 5.74) is 4.13. The van der Waals surface area contributed by atoms with Crippen LogP contribution in [0.4, 0.5) is 0 Å². The van der Waals surface area contributed by atoms with E-state index in [1.165, 1.54) is 5.57 Å². The first-order valence-electron chi connectivity index (χ1n) is 3.54. The highest BCUT2D eigenvalue weighted by Crippen LogP contribution is 2.03. The Morgan fingerprint density at radius 3 is 2.36 bits per heavy atom. The van der Waals surface area contributed by atoms with Gasteiger partial charge in [-0.25, -0.2) is 0 Å². The summed E-state index contributed by atoms with van der Waals surface area (Å²) in [4.78, 5) is 0. The molecule has 0 radical (unpaired) electrons. The zero-order valence-electron chi connectivity index (χ0n) is 7.19. The van der Waals surface area contributed by atoms with Crippen LogP contribution in [0.15, 0.2) is 40.6 Å². The number of allylic oxidation sites excluding steroid dienone is 5. The predicted octanol–water partition coefficient (Wildman–Crippen LogP) is 3.81. The van der Waals surface area contributed by atoms with Gasteiger partial charge >= 0.3 is 0 Å². The van der Waals surface area contributed by atoms with Crippen LogP contribution in [0.1, 0.15) is 20.8 Å². The van der Waals surface area contributed by atoms with Crippen molar-refractivity contribution in [3.05, 3.63) is 40.6 Å². The summed E-state index contributed by atoms with van der Waals surface area (Å²) >= 11 is 5.78. The van der Waals surface area contributed by atoms with E-state index in [-0.39, 0.29) is 0 Å². The van der Waals surface area contributed by atoms with E-state index < -0.39 is 0 Å². The van der Waals surface area contributed by atoms with Crippen molar-refractivity contribution in [2.45, 2.75) is 20.8 Å². The number of rotatable bonds is 2. The lowest BCUT2D eigenvalue weighted by atomic mass is 10.3. The molecule has 11 heavy (non-hydrogen) atoms. The van der Waals surface area contributed by atoms with E-state index in [9.17, 15) is 0 Å². The molecule has 0 saturated heterocycles. The number of halogens is 1. The Hall–Kier alpha value is -0.710. The second kappa shape index (κ2) is 6.03. The maximum absolute atomic E-state index is 5.78. The fourth-order valence-corrected chi connectivity index (χ4v) is 0.583. The largest absolute Gasteiger partial charge is 0.124 e. The molecule has 1 heteroatoms. The standard InChI is InChI=1S/C10H13Cl/c1-4-5-6-10(11)8-7-9(2)3/h4,6-8H,1-3H3/b10-8+. The molecule has 0 heterocycles. The van der Waals surface area contributed by atoms with E-state index in [4.69, 9.17) is 11.6 Å². The minimum Gasteiger partial charge on any atom is -0.124 e. The van der Waals surface area contributed by atoms with Gasteiger partial charge in [-0.2, -0.15) is 0 Å². The van der Waals surface area contributed by atoms with Crippen molar-refractivity contribution in [3.63, 3.8) is 0 Å². The van der Waals surface area contributed by atoms with E-state index in [0.717, 1.165) is 0 Å². The van der Waals surface area contributed by atoms with E-state index in [0.29, 0.717) is 5.03 Å². The van der Waals surface area contributed by atoms with Gasteiger partial charge in [0.2, 0.25) is 0 Å². The van der Waals surface area contributed by atoms with Crippen LogP contribution >= 0.6 is 11.6 Å². The smallest absolute Gasteiger partial charge is 0.0482 e. The molecular weight excluding hydrogens is 156 g/mol. The molecule has 0 aliphatic rings. The van der Waals surface area contributed by atoms with Crippen LogP contribution in [0, 0.1) is 0 Å². The van der Waals surface area contributed by atoms with Gasteiger partial charge in [-0.15, -0.1) is 5.73 Å². The average Bonchev–Trinajstić information content (AvgIpc) is 1.97. The third kappa shape index (κ3) is 7.18. The normalized spacial score (nSPS) is 10.0. The van der Waals surface area contributed by atoms with E-state index in [2.05, 4.69) is 5.73 Å². The van der Waals surface area contributed by atoms with Gasteiger partial charge in [0, 0.05) is 5.03 Å². The Kier molecular flexibility index (Phi) is 5.64. The molecule has 0 N–H and O–H groups in total. The number of hydrogen-bond acceptors (Lipinski definition) is 0. The zero-order chi connectivity index (χ0) is 8.69. The lowest BCUT2D eigenvalue weighted by molar-refractivity contribution is 1.39. The SMILES string of the molecule is CC=C=C/C(Cl)=C\C=C(C)C. The second-order valence-electron chi connectivity index (χ2n) is 2.40. The molecule has 0 unspecified atom stereocenters. The Morgan fingerprint density at radius 1 is 1.27 bits per heavy atom. The molecule has 0 spiro atoms. The third-order valence-electron chi connectivity index (χ3n) is 0.964. The van der Waals surface area contributed by atoms with Crippen LogP contribution in [0.3, 0.4) is 0 Å². The molecule has 0 fully saturated rings. The zero-order valence-corrected chi connectivity index (χ0v) is 7.94. The summed E-state index contributed by atoms with van der Waals surface area (Å²) in [7, 11) is 0. The lowest BCUT2D eigenvalue weighted by Gasteiger charge is -1.84. The Labute approximate surface area is 73.6 Å². The van der Waals surface area contributed by atoms with Gasteiger partial charge in [-0.1, -0.05) is 23.3 Å². The second-order valence-corrected chi connectivity index (χ2v) is 2.83. The van der Waals surface area contributed by atoms with E-state index in [1.54, 1.807) is 6.08 Å². The fraction of sp³-hybridized carbons (Fsp3) is 0.300. The van der Waals surface area contributed by atoms with Crippen molar-refractivity contribution in [1.29, 1.82) is 0 Å².